The molecular formula is C21H23ClN2O3. The summed E-state index contributed by atoms with van der Waals surface area (Å²) in [6.45, 7) is 3.15. The maximum Gasteiger partial charge on any atom is 0.229 e. The second-order valence-electron chi connectivity index (χ2n) is 6.57. The van der Waals surface area contributed by atoms with E-state index in [1.807, 2.05) is 24.3 Å². The Morgan fingerprint density at radius 1 is 1.22 bits per heavy atom. The molecule has 1 N–H and O–H groups in total. The number of unbranched alkanes of at least 4 members (excludes halogenated alkanes) is 1. The van der Waals surface area contributed by atoms with Crippen LogP contribution < -0.4 is 15.0 Å². The number of nitrogens with one attached hydrogen (secondary N) is 1. The van der Waals surface area contributed by atoms with Crippen molar-refractivity contribution >= 4 is 34.8 Å². The summed E-state index contributed by atoms with van der Waals surface area (Å²) in [6, 6.07) is 14.5. The van der Waals surface area contributed by atoms with Crippen LogP contribution >= 0.6 is 11.6 Å². The number of hydrogen-bond donors (Lipinski definition) is 1. The zero-order valence-corrected chi connectivity index (χ0v) is 16.0. The number of hydrogen-bond acceptors (Lipinski definition) is 3. The second-order valence-corrected chi connectivity index (χ2v) is 6.98. The zero-order valence-electron chi connectivity index (χ0n) is 15.3. The Bertz CT molecular complexity index is 807. The Hall–Kier alpha value is -2.53. The van der Waals surface area contributed by atoms with E-state index in [0.717, 1.165) is 24.3 Å². The Labute approximate surface area is 164 Å². The molecule has 1 aliphatic rings. The van der Waals surface area contributed by atoms with Crippen molar-refractivity contribution in [3.63, 3.8) is 0 Å². The van der Waals surface area contributed by atoms with Gasteiger partial charge in [-0.2, -0.15) is 0 Å². The van der Waals surface area contributed by atoms with Gasteiger partial charge in [0.1, 0.15) is 5.75 Å². The highest BCUT2D eigenvalue weighted by atomic mass is 35.5. The van der Waals surface area contributed by atoms with Crippen LogP contribution in [0.25, 0.3) is 0 Å². The van der Waals surface area contributed by atoms with Crippen molar-refractivity contribution in [3.05, 3.63) is 53.6 Å². The van der Waals surface area contributed by atoms with Gasteiger partial charge < -0.3 is 15.0 Å². The second kappa shape index (κ2) is 8.91. The summed E-state index contributed by atoms with van der Waals surface area (Å²) in [6.07, 6.45) is 2.28. The van der Waals surface area contributed by atoms with Crippen molar-refractivity contribution < 1.29 is 14.3 Å². The number of rotatable bonds is 7. The number of halogens is 1. The number of benzene rings is 2. The monoisotopic (exact) mass is 386 g/mol. The molecule has 1 atom stereocenters. The minimum absolute atomic E-state index is 0.0611. The zero-order chi connectivity index (χ0) is 19.2. The first-order valence-electron chi connectivity index (χ1n) is 9.17. The molecule has 5 nitrogen and oxygen atoms in total. The Morgan fingerprint density at radius 2 is 1.96 bits per heavy atom. The fourth-order valence-corrected chi connectivity index (χ4v) is 3.17. The van der Waals surface area contributed by atoms with E-state index in [-0.39, 0.29) is 18.2 Å². The molecule has 1 aliphatic heterocycles. The Balaban J connectivity index is 1.61. The summed E-state index contributed by atoms with van der Waals surface area (Å²) < 4.78 is 5.65. The molecule has 0 radical (unpaired) electrons. The number of ether oxygens (including phenoxy) is 1. The lowest BCUT2D eigenvalue weighted by Crippen LogP contribution is -2.28. The van der Waals surface area contributed by atoms with Crippen molar-refractivity contribution in [1.29, 1.82) is 0 Å². The minimum Gasteiger partial charge on any atom is -0.494 e. The highest BCUT2D eigenvalue weighted by Gasteiger charge is 2.35. The van der Waals surface area contributed by atoms with Crippen LogP contribution in [0.3, 0.4) is 0 Å². The molecule has 1 unspecified atom stereocenters. The van der Waals surface area contributed by atoms with Crippen LogP contribution in [0, 0.1) is 5.92 Å². The molecule has 2 aromatic carbocycles. The molecule has 142 valence electrons. The molecule has 0 spiro atoms. The standard InChI is InChI=1S/C21H23ClN2O3/c1-2-3-12-27-17-10-8-16(9-11-17)24-14-15(13-20(24)25)21(26)23-19-7-5-4-6-18(19)22/h4-11,15H,2-3,12-14H2,1H3,(H,23,26). The van der Waals surface area contributed by atoms with E-state index in [1.54, 1.807) is 29.2 Å². The molecule has 0 aliphatic carbocycles. The molecule has 0 bridgehead atoms. The molecule has 1 heterocycles. The summed E-state index contributed by atoms with van der Waals surface area (Å²) in [5, 5.41) is 3.29. The van der Waals surface area contributed by atoms with Crippen molar-refractivity contribution in [1.82, 2.24) is 0 Å². The number of nitrogens with zero attached hydrogens (tertiary/aromatic N) is 1. The van der Waals surface area contributed by atoms with Gasteiger partial charge in [0, 0.05) is 18.7 Å². The normalized spacial score (nSPS) is 16.4. The highest BCUT2D eigenvalue weighted by molar-refractivity contribution is 6.33. The summed E-state index contributed by atoms with van der Waals surface area (Å²) in [5.74, 6) is 0.119. The van der Waals surface area contributed by atoms with Crippen LogP contribution in [0.5, 0.6) is 5.75 Å². The van der Waals surface area contributed by atoms with Crippen LogP contribution in [0.4, 0.5) is 11.4 Å². The van der Waals surface area contributed by atoms with Gasteiger partial charge in [0.05, 0.1) is 23.2 Å². The number of carbonyl (C=O) groups is 2. The lowest BCUT2D eigenvalue weighted by atomic mass is 10.1. The molecule has 1 fully saturated rings. The van der Waals surface area contributed by atoms with Gasteiger partial charge >= 0.3 is 0 Å². The highest BCUT2D eigenvalue weighted by Crippen LogP contribution is 2.28. The summed E-state index contributed by atoms with van der Waals surface area (Å²) in [4.78, 5) is 26.6. The van der Waals surface area contributed by atoms with E-state index in [9.17, 15) is 9.59 Å². The first-order valence-corrected chi connectivity index (χ1v) is 9.55. The van der Waals surface area contributed by atoms with Crippen molar-refractivity contribution in [2.24, 2.45) is 5.92 Å². The first kappa shape index (κ1) is 19.2. The third kappa shape index (κ3) is 4.80. The molecular weight excluding hydrogens is 364 g/mol. The van der Waals surface area contributed by atoms with Gasteiger partial charge in [0.2, 0.25) is 11.8 Å². The molecule has 0 saturated carbocycles. The molecule has 27 heavy (non-hydrogen) atoms. The minimum atomic E-state index is -0.408. The third-order valence-electron chi connectivity index (χ3n) is 4.54. The number of para-hydroxylation sites is 1. The Morgan fingerprint density at radius 3 is 2.67 bits per heavy atom. The van der Waals surface area contributed by atoms with E-state index >= 15 is 0 Å². The maximum atomic E-state index is 12.5. The van der Waals surface area contributed by atoms with E-state index < -0.39 is 5.92 Å². The quantitative estimate of drug-likeness (QED) is 0.712. The van der Waals surface area contributed by atoms with Gasteiger partial charge in [0.25, 0.3) is 0 Å². The number of anilines is 2. The predicted octanol–water partition coefficient (Wildman–Crippen LogP) is 4.51. The molecule has 6 heteroatoms. The van der Waals surface area contributed by atoms with Crippen molar-refractivity contribution in [3.8, 4) is 5.75 Å². The van der Waals surface area contributed by atoms with Crippen LogP contribution in [-0.2, 0) is 9.59 Å². The lowest BCUT2D eigenvalue weighted by Gasteiger charge is -2.17. The van der Waals surface area contributed by atoms with E-state index in [2.05, 4.69) is 12.2 Å². The van der Waals surface area contributed by atoms with Gasteiger partial charge in [-0.05, 0) is 42.8 Å². The van der Waals surface area contributed by atoms with E-state index in [4.69, 9.17) is 16.3 Å². The molecule has 2 amide bonds. The van der Waals surface area contributed by atoms with E-state index in [1.165, 1.54) is 0 Å². The SMILES string of the molecule is CCCCOc1ccc(N2CC(C(=O)Nc3ccccc3Cl)CC2=O)cc1. The van der Waals surface area contributed by atoms with Gasteiger partial charge in [-0.3, -0.25) is 9.59 Å². The fourth-order valence-electron chi connectivity index (χ4n) is 2.99. The lowest BCUT2D eigenvalue weighted by molar-refractivity contribution is -0.122. The van der Waals surface area contributed by atoms with Crippen LogP contribution in [0.15, 0.2) is 48.5 Å². The van der Waals surface area contributed by atoms with Crippen molar-refractivity contribution in [2.75, 3.05) is 23.4 Å². The van der Waals surface area contributed by atoms with Gasteiger partial charge in [-0.25, -0.2) is 0 Å². The predicted molar refractivity (Wildman–Crippen MR) is 107 cm³/mol. The molecule has 0 aromatic heterocycles. The topological polar surface area (TPSA) is 58.6 Å². The molecule has 2 aromatic rings. The third-order valence-corrected chi connectivity index (χ3v) is 4.87. The maximum absolute atomic E-state index is 12.5. The summed E-state index contributed by atoms with van der Waals surface area (Å²) >= 11 is 6.08. The largest absolute Gasteiger partial charge is 0.494 e. The van der Waals surface area contributed by atoms with Crippen LogP contribution in [0.1, 0.15) is 26.2 Å². The average Bonchev–Trinajstić information content (AvgIpc) is 3.06. The average molecular weight is 387 g/mol. The van der Waals surface area contributed by atoms with Crippen LogP contribution in [-0.4, -0.2) is 25.0 Å². The smallest absolute Gasteiger partial charge is 0.229 e. The first-order chi connectivity index (χ1) is 13.1. The van der Waals surface area contributed by atoms with E-state index in [0.29, 0.717) is 23.9 Å². The Kier molecular flexibility index (Phi) is 6.35. The molecule has 1 saturated heterocycles. The van der Waals surface area contributed by atoms with Crippen molar-refractivity contribution in [2.45, 2.75) is 26.2 Å². The summed E-state index contributed by atoms with van der Waals surface area (Å²) in [5.41, 5.74) is 1.33. The van der Waals surface area contributed by atoms with Gasteiger partial charge in [-0.15, -0.1) is 0 Å². The number of amides is 2. The van der Waals surface area contributed by atoms with Gasteiger partial charge in [-0.1, -0.05) is 37.1 Å². The van der Waals surface area contributed by atoms with Gasteiger partial charge in [0.15, 0.2) is 0 Å². The van der Waals surface area contributed by atoms with Crippen LogP contribution in [0.2, 0.25) is 5.02 Å². The summed E-state index contributed by atoms with van der Waals surface area (Å²) in [7, 11) is 0. The number of carbonyl (C=O) groups excluding carboxylic acids is 2. The fraction of sp³-hybridized carbons (Fsp3) is 0.333. The molecule has 3 rings (SSSR count).